The first-order valence-corrected chi connectivity index (χ1v) is 2.83. The maximum Gasteiger partial charge on any atom is 0.163 e. The Hall–Kier alpha value is -0.830. The van der Waals surface area contributed by atoms with Crippen LogP contribution in [0.3, 0.4) is 0 Å². The minimum absolute atomic E-state index is 0. The third-order valence-electron chi connectivity index (χ3n) is 1.38. The smallest absolute Gasteiger partial charge is 0.163 e. The monoisotopic (exact) mass is 179 g/mol. The molecule has 1 aromatic rings. The molecule has 0 aliphatic carbocycles. The molecule has 0 atom stereocenters. The van der Waals surface area contributed by atoms with Crippen molar-refractivity contribution >= 4 is 18.1 Å². The molecular formula is C7H8ClF2N. The molecular weight excluding hydrogens is 172 g/mol. The first-order chi connectivity index (χ1) is 4.63. The molecule has 0 amide bonds. The van der Waals surface area contributed by atoms with E-state index in [1.54, 1.807) is 0 Å². The van der Waals surface area contributed by atoms with Crippen molar-refractivity contribution in [2.75, 3.05) is 5.73 Å². The number of nitrogens with two attached hydrogens (primary N) is 1. The Morgan fingerprint density at radius 3 is 2.27 bits per heavy atom. The molecule has 1 aromatic carbocycles. The van der Waals surface area contributed by atoms with Crippen LogP contribution in [0, 0.1) is 18.6 Å². The summed E-state index contributed by atoms with van der Waals surface area (Å²) in [6, 6.07) is 2.35. The van der Waals surface area contributed by atoms with Gasteiger partial charge in [0.1, 0.15) is 0 Å². The molecule has 2 N–H and O–H groups in total. The highest BCUT2D eigenvalue weighted by molar-refractivity contribution is 5.85. The van der Waals surface area contributed by atoms with Crippen LogP contribution in [0.15, 0.2) is 12.1 Å². The summed E-state index contributed by atoms with van der Waals surface area (Å²) >= 11 is 0. The van der Waals surface area contributed by atoms with Crippen molar-refractivity contribution < 1.29 is 8.78 Å². The van der Waals surface area contributed by atoms with Crippen LogP contribution in [-0.2, 0) is 0 Å². The topological polar surface area (TPSA) is 26.0 Å². The van der Waals surface area contributed by atoms with Crippen molar-refractivity contribution in [3.63, 3.8) is 0 Å². The van der Waals surface area contributed by atoms with Gasteiger partial charge in [-0.3, -0.25) is 0 Å². The SMILES string of the molecule is Cc1c(N)ccc(F)c1F.Cl. The van der Waals surface area contributed by atoms with E-state index in [-0.39, 0.29) is 23.7 Å². The lowest BCUT2D eigenvalue weighted by Gasteiger charge is -2.00. The molecule has 0 fully saturated rings. The minimum Gasteiger partial charge on any atom is -0.398 e. The average molecular weight is 180 g/mol. The van der Waals surface area contributed by atoms with E-state index in [4.69, 9.17) is 5.73 Å². The summed E-state index contributed by atoms with van der Waals surface area (Å²) < 4.78 is 24.9. The number of anilines is 1. The van der Waals surface area contributed by atoms with Crippen molar-refractivity contribution in [3.8, 4) is 0 Å². The zero-order valence-electron chi connectivity index (χ0n) is 5.90. The lowest BCUT2D eigenvalue weighted by molar-refractivity contribution is 0.504. The summed E-state index contributed by atoms with van der Waals surface area (Å²) in [7, 11) is 0. The lowest BCUT2D eigenvalue weighted by Crippen LogP contribution is -1.95. The minimum atomic E-state index is -0.861. The van der Waals surface area contributed by atoms with E-state index < -0.39 is 11.6 Å². The largest absolute Gasteiger partial charge is 0.398 e. The normalized spacial score (nSPS) is 9.00. The molecule has 0 heterocycles. The third-order valence-corrected chi connectivity index (χ3v) is 1.38. The van der Waals surface area contributed by atoms with Gasteiger partial charge in [0.25, 0.3) is 0 Å². The van der Waals surface area contributed by atoms with Crippen molar-refractivity contribution in [2.45, 2.75) is 6.92 Å². The molecule has 0 spiro atoms. The van der Waals surface area contributed by atoms with Gasteiger partial charge in [-0.25, -0.2) is 8.78 Å². The number of rotatable bonds is 0. The molecule has 62 valence electrons. The van der Waals surface area contributed by atoms with Gasteiger partial charge in [0.15, 0.2) is 11.6 Å². The second-order valence-electron chi connectivity index (χ2n) is 2.08. The van der Waals surface area contributed by atoms with Gasteiger partial charge in [-0.1, -0.05) is 0 Å². The molecule has 0 saturated heterocycles. The zero-order valence-corrected chi connectivity index (χ0v) is 6.71. The standard InChI is InChI=1S/C7H7F2N.ClH/c1-4-6(10)3-2-5(8)7(4)9;/h2-3H,10H2,1H3;1H. The zero-order chi connectivity index (χ0) is 7.72. The molecule has 0 aliphatic heterocycles. The van der Waals surface area contributed by atoms with E-state index in [2.05, 4.69) is 0 Å². The average Bonchev–Trinajstić information content (AvgIpc) is 1.93. The van der Waals surface area contributed by atoms with E-state index in [0.717, 1.165) is 6.07 Å². The van der Waals surface area contributed by atoms with E-state index in [9.17, 15) is 8.78 Å². The summed E-state index contributed by atoms with van der Waals surface area (Å²) in [6.45, 7) is 1.44. The van der Waals surface area contributed by atoms with Gasteiger partial charge in [-0.05, 0) is 19.1 Å². The summed E-state index contributed by atoms with van der Waals surface area (Å²) in [5.41, 5.74) is 5.73. The van der Waals surface area contributed by atoms with Crippen molar-refractivity contribution in [1.82, 2.24) is 0 Å². The summed E-state index contributed by atoms with van der Waals surface area (Å²) in [5.74, 6) is -1.72. The molecule has 0 radical (unpaired) electrons. The van der Waals surface area contributed by atoms with E-state index >= 15 is 0 Å². The number of hydrogen-bond acceptors (Lipinski definition) is 1. The predicted molar refractivity (Wildman–Crippen MR) is 42.8 cm³/mol. The van der Waals surface area contributed by atoms with Crippen molar-refractivity contribution in [1.29, 1.82) is 0 Å². The Bertz CT molecular complexity index is 236. The van der Waals surface area contributed by atoms with Gasteiger partial charge in [0.2, 0.25) is 0 Å². The van der Waals surface area contributed by atoms with Gasteiger partial charge < -0.3 is 5.73 Å². The van der Waals surface area contributed by atoms with E-state index in [1.807, 2.05) is 0 Å². The lowest BCUT2D eigenvalue weighted by atomic mass is 10.2. The molecule has 0 bridgehead atoms. The third kappa shape index (κ3) is 1.80. The first-order valence-electron chi connectivity index (χ1n) is 2.83. The van der Waals surface area contributed by atoms with Crippen molar-refractivity contribution in [2.24, 2.45) is 0 Å². The fraction of sp³-hybridized carbons (Fsp3) is 0.143. The van der Waals surface area contributed by atoms with Crippen LogP contribution in [-0.4, -0.2) is 0 Å². The second kappa shape index (κ2) is 3.53. The Labute approximate surface area is 69.6 Å². The molecule has 0 aliphatic rings. The molecule has 11 heavy (non-hydrogen) atoms. The van der Waals surface area contributed by atoms with Crippen LogP contribution in [0.2, 0.25) is 0 Å². The molecule has 1 nitrogen and oxygen atoms in total. The molecule has 0 aromatic heterocycles. The quantitative estimate of drug-likeness (QED) is 0.608. The maximum atomic E-state index is 12.5. The van der Waals surface area contributed by atoms with Crippen LogP contribution in [0.5, 0.6) is 0 Å². The number of nitrogen functional groups attached to an aromatic ring is 1. The molecule has 1 rings (SSSR count). The van der Waals surface area contributed by atoms with Crippen LogP contribution >= 0.6 is 12.4 Å². The second-order valence-corrected chi connectivity index (χ2v) is 2.08. The van der Waals surface area contributed by atoms with Gasteiger partial charge in [-0.15, -0.1) is 12.4 Å². The molecule has 0 unspecified atom stereocenters. The highest BCUT2D eigenvalue weighted by atomic mass is 35.5. The number of halogens is 3. The van der Waals surface area contributed by atoms with Crippen molar-refractivity contribution in [3.05, 3.63) is 29.3 Å². The van der Waals surface area contributed by atoms with Gasteiger partial charge in [-0.2, -0.15) is 0 Å². The fourth-order valence-corrected chi connectivity index (χ4v) is 0.667. The van der Waals surface area contributed by atoms with Gasteiger partial charge in [0, 0.05) is 11.3 Å². The molecule has 4 heteroatoms. The highest BCUT2D eigenvalue weighted by Crippen LogP contribution is 2.16. The van der Waals surface area contributed by atoms with Gasteiger partial charge in [0.05, 0.1) is 0 Å². The fourth-order valence-electron chi connectivity index (χ4n) is 0.667. The Kier molecular flexibility index (Phi) is 3.26. The van der Waals surface area contributed by atoms with Crippen LogP contribution in [0.1, 0.15) is 5.56 Å². The van der Waals surface area contributed by atoms with E-state index in [0.29, 0.717) is 0 Å². The first kappa shape index (κ1) is 10.2. The molecule has 0 saturated carbocycles. The van der Waals surface area contributed by atoms with Crippen LogP contribution < -0.4 is 5.73 Å². The van der Waals surface area contributed by atoms with Gasteiger partial charge >= 0.3 is 0 Å². The Morgan fingerprint density at radius 2 is 1.82 bits per heavy atom. The van der Waals surface area contributed by atoms with E-state index in [1.165, 1.54) is 13.0 Å². The van der Waals surface area contributed by atoms with Crippen LogP contribution in [0.25, 0.3) is 0 Å². The number of hydrogen-bond donors (Lipinski definition) is 1. The summed E-state index contributed by atoms with van der Waals surface area (Å²) in [6.07, 6.45) is 0. The highest BCUT2D eigenvalue weighted by Gasteiger charge is 2.05. The van der Waals surface area contributed by atoms with Crippen LogP contribution in [0.4, 0.5) is 14.5 Å². The maximum absolute atomic E-state index is 12.5. The Balaban J connectivity index is 0.000001000. The number of benzene rings is 1. The summed E-state index contributed by atoms with van der Waals surface area (Å²) in [4.78, 5) is 0. The predicted octanol–water partition coefficient (Wildman–Crippen LogP) is 2.28. The summed E-state index contributed by atoms with van der Waals surface area (Å²) in [5, 5.41) is 0. The Morgan fingerprint density at radius 1 is 1.27 bits per heavy atom.